The van der Waals surface area contributed by atoms with Crippen LogP contribution in [-0.4, -0.2) is 31.4 Å². The zero-order chi connectivity index (χ0) is 16.0. The molecule has 0 heterocycles. The van der Waals surface area contributed by atoms with Crippen LogP contribution in [0.1, 0.15) is 32.8 Å². The summed E-state index contributed by atoms with van der Waals surface area (Å²) in [7, 11) is -3.35. The minimum absolute atomic E-state index is 0.0443. The summed E-state index contributed by atoms with van der Waals surface area (Å²) >= 11 is 3.37. The predicted molar refractivity (Wildman–Crippen MR) is 89.0 cm³/mol. The number of benzene rings is 1. The van der Waals surface area contributed by atoms with Gasteiger partial charge in [0.2, 0.25) is 5.91 Å². The van der Waals surface area contributed by atoms with E-state index in [1.165, 1.54) is 6.92 Å². The number of amides is 1. The molecule has 0 radical (unpaired) electrons. The Balaban J connectivity index is 2.59. The van der Waals surface area contributed by atoms with Gasteiger partial charge in [-0.1, -0.05) is 35.0 Å². The van der Waals surface area contributed by atoms with Crippen molar-refractivity contribution in [3.05, 3.63) is 34.3 Å². The van der Waals surface area contributed by atoms with Gasteiger partial charge < -0.3 is 5.32 Å². The van der Waals surface area contributed by atoms with E-state index in [0.717, 1.165) is 10.0 Å². The van der Waals surface area contributed by atoms with Gasteiger partial charge in [-0.3, -0.25) is 4.79 Å². The minimum atomic E-state index is -3.35. The largest absolute Gasteiger partial charge is 0.352 e. The van der Waals surface area contributed by atoms with E-state index in [1.807, 2.05) is 31.2 Å². The minimum Gasteiger partial charge on any atom is -0.352 e. The molecule has 0 fully saturated rings. The summed E-state index contributed by atoms with van der Waals surface area (Å²) in [5, 5.41) is 1.78. The van der Waals surface area contributed by atoms with Gasteiger partial charge in [0, 0.05) is 10.5 Å². The number of nitrogens with one attached hydrogen (secondary N) is 1. The van der Waals surface area contributed by atoms with Gasteiger partial charge in [-0.2, -0.15) is 0 Å². The van der Waals surface area contributed by atoms with Crippen LogP contribution < -0.4 is 5.32 Å². The Kier molecular flexibility index (Phi) is 6.87. The second-order valence-electron chi connectivity index (χ2n) is 5.25. The van der Waals surface area contributed by atoms with E-state index >= 15 is 0 Å². The first-order valence-electron chi connectivity index (χ1n) is 7.02. The first-order chi connectivity index (χ1) is 9.76. The van der Waals surface area contributed by atoms with Crippen LogP contribution in [0.15, 0.2) is 28.7 Å². The van der Waals surface area contributed by atoms with Crippen LogP contribution >= 0.6 is 15.9 Å². The maximum Gasteiger partial charge on any atom is 0.238 e. The monoisotopic (exact) mass is 375 g/mol. The Morgan fingerprint density at radius 3 is 2.33 bits per heavy atom. The third-order valence-electron chi connectivity index (χ3n) is 3.24. The summed E-state index contributed by atoms with van der Waals surface area (Å²) < 4.78 is 24.8. The van der Waals surface area contributed by atoms with Crippen LogP contribution in [-0.2, 0) is 21.1 Å². The summed E-state index contributed by atoms with van der Waals surface area (Å²) in [4.78, 5) is 12.0. The summed E-state index contributed by atoms with van der Waals surface area (Å²) in [5.41, 5.74) is 1.09. The predicted octanol–water partition coefficient (Wildman–Crippen LogP) is 2.71. The number of carbonyl (C=O) groups is 1. The molecule has 1 rings (SSSR count). The van der Waals surface area contributed by atoms with Gasteiger partial charge in [-0.15, -0.1) is 0 Å². The molecule has 6 heteroatoms. The number of rotatable bonds is 7. The van der Waals surface area contributed by atoms with Crippen LogP contribution in [0.4, 0.5) is 0 Å². The van der Waals surface area contributed by atoms with Crippen LogP contribution in [0.2, 0.25) is 0 Å². The van der Waals surface area contributed by atoms with E-state index in [2.05, 4.69) is 21.2 Å². The zero-order valence-corrected chi connectivity index (χ0v) is 15.0. The Bertz CT molecular complexity index is 569. The van der Waals surface area contributed by atoms with E-state index in [1.54, 1.807) is 6.92 Å². The van der Waals surface area contributed by atoms with Gasteiger partial charge in [0.25, 0.3) is 0 Å². The molecule has 2 atom stereocenters. The van der Waals surface area contributed by atoms with Gasteiger partial charge in [0.15, 0.2) is 9.84 Å². The second-order valence-corrected chi connectivity index (χ2v) is 8.61. The fourth-order valence-electron chi connectivity index (χ4n) is 2.01. The first kappa shape index (κ1) is 18.2. The number of hydrogen-bond acceptors (Lipinski definition) is 3. The molecule has 1 aromatic rings. The molecular weight excluding hydrogens is 354 g/mol. The molecule has 0 aliphatic rings. The van der Waals surface area contributed by atoms with Crippen molar-refractivity contribution >= 4 is 31.7 Å². The standard InChI is InChI=1S/C15H22BrNO3S/c1-4-9-21(19,20)12(3)15(18)17-11(2)10-13-5-7-14(16)8-6-13/h5-8,11-12H,4,9-10H2,1-3H3,(H,17,18)/t11-,12-/m1/s1. The topological polar surface area (TPSA) is 63.2 Å². The summed E-state index contributed by atoms with van der Waals surface area (Å²) in [6, 6.07) is 7.72. The molecule has 0 unspecified atom stereocenters. The highest BCUT2D eigenvalue weighted by molar-refractivity contribution is 9.10. The molecule has 118 valence electrons. The average molecular weight is 376 g/mol. The molecule has 0 aliphatic heterocycles. The summed E-state index contributed by atoms with van der Waals surface area (Å²) in [6.45, 7) is 5.12. The Labute approximate surface area is 135 Å². The molecule has 1 N–H and O–H groups in total. The molecule has 21 heavy (non-hydrogen) atoms. The Hall–Kier alpha value is -0.880. The Morgan fingerprint density at radius 2 is 1.81 bits per heavy atom. The fourth-order valence-corrected chi connectivity index (χ4v) is 3.59. The van der Waals surface area contributed by atoms with Crippen LogP contribution in [0.25, 0.3) is 0 Å². The van der Waals surface area contributed by atoms with E-state index in [0.29, 0.717) is 12.8 Å². The summed E-state index contributed by atoms with van der Waals surface area (Å²) in [6.07, 6.45) is 1.19. The number of carbonyl (C=O) groups excluding carboxylic acids is 1. The van der Waals surface area contributed by atoms with Gasteiger partial charge >= 0.3 is 0 Å². The lowest BCUT2D eigenvalue weighted by Crippen LogP contribution is -2.43. The van der Waals surface area contributed by atoms with Crippen molar-refractivity contribution in [3.63, 3.8) is 0 Å². The highest BCUT2D eigenvalue weighted by atomic mass is 79.9. The van der Waals surface area contributed by atoms with Crippen molar-refractivity contribution in [2.24, 2.45) is 0 Å². The van der Waals surface area contributed by atoms with Crippen LogP contribution in [0, 0.1) is 0 Å². The van der Waals surface area contributed by atoms with Crippen LogP contribution in [0.5, 0.6) is 0 Å². The third-order valence-corrected chi connectivity index (χ3v) is 6.04. The molecule has 0 saturated carbocycles. The number of sulfone groups is 1. The van der Waals surface area contributed by atoms with Crippen molar-refractivity contribution in [1.82, 2.24) is 5.32 Å². The smallest absolute Gasteiger partial charge is 0.238 e. The SMILES string of the molecule is CCCS(=O)(=O)[C@H](C)C(=O)N[C@H](C)Cc1ccc(Br)cc1. The van der Waals surface area contributed by atoms with Gasteiger partial charge in [0.05, 0.1) is 5.75 Å². The van der Waals surface area contributed by atoms with Crippen molar-refractivity contribution in [1.29, 1.82) is 0 Å². The highest BCUT2D eigenvalue weighted by Gasteiger charge is 2.27. The van der Waals surface area contributed by atoms with E-state index in [-0.39, 0.29) is 11.8 Å². The van der Waals surface area contributed by atoms with E-state index < -0.39 is 21.0 Å². The van der Waals surface area contributed by atoms with Crippen molar-refractivity contribution in [3.8, 4) is 0 Å². The molecule has 0 bridgehead atoms. The lowest BCUT2D eigenvalue weighted by Gasteiger charge is -2.18. The lowest BCUT2D eigenvalue weighted by atomic mass is 10.1. The molecule has 0 spiro atoms. The van der Waals surface area contributed by atoms with Gasteiger partial charge in [-0.05, 0) is 44.4 Å². The van der Waals surface area contributed by atoms with Crippen molar-refractivity contribution < 1.29 is 13.2 Å². The van der Waals surface area contributed by atoms with Crippen LogP contribution in [0.3, 0.4) is 0 Å². The molecule has 0 aliphatic carbocycles. The molecule has 4 nitrogen and oxygen atoms in total. The third kappa shape index (κ3) is 5.79. The molecule has 0 saturated heterocycles. The highest BCUT2D eigenvalue weighted by Crippen LogP contribution is 2.12. The molecule has 0 aromatic heterocycles. The Morgan fingerprint density at radius 1 is 1.24 bits per heavy atom. The molecule has 1 amide bonds. The molecular formula is C15H22BrNO3S. The number of halogens is 1. The maximum absolute atomic E-state index is 12.0. The fraction of sp³-hybridized carbons (Fsp3) is 0.533. The average Bonchev–Trinajstić information content (AvgIpc) is 2.40. The van der Waals surface area contributed by atoms with Gasteiger partial charge in [0.1, 0.15) is 5.25 Å². The van der Waals surface area contributed by atoms with E-state index in [4.69, 9.17) is 0 Å². The number of hydrogen-bond donors (Lipinski definition) is 1. The second kappa shape index (κ2) is 7.94. The van der Waals surface area contributed by atoms with Crippen molar-refractivity contribution in [2.75, 3.05) is 5.75 Å². The normalized spacial score (nSPS) is 14.5. The quantitative estimate of drug-likeness (QED) is 0.796. The first-order valence-corrected chi connectivity index (χ1v) is 9.53. The van der Waals surface area contributed by atoms with E-state index in [9.17, 15) is 13.2 Å². The molecule has 1 aromatic carbocycles. The van der Waals surface area contributed by atoms with Gasteiger partial charge in [-0.25, -0.2) is 8.42 Å². The lowest BCUT2D eigenvalue weighted by molar-refractivity contribution is -0.121. The zero-order valence-electron chi connectivity index (χ0n) is 12.6. The summed E-state index contributed by atoms with van der Waals surface area (Å²) in [5.74, 6) is -0.379. The van der Waals surface area contributed by atoms with Crippen molar-refractivity contribution in [2.45, 2.75) is 44.9 Å². The maximum atomic E-state index is 12.0.